The van der Waals surface area contributed by atoms with Gasteiger partial charge in [-0.2, -0.15) is 13.2 Å². The van der Waals surface area contributed by atoms with Gasteiger partial charge in [0.05, 0.1) is 0 Å². The van der Waals surface area contributed by atoms with Crippen molar-refractivity contribution in [2.45, 2.75) is 50.9 Å². The SMILES string of the molecule is CC(=O)OCC1=C(C(=O)OC(C)(C)C)N2C(=O)C(NC(=O)C(F)(F)F)C2SC1. The molecule has 0 spiro atoms. The van der Waals surface area contributed by atoms with E-state index in [0.717, 1.165) is 16.7 Å². The molecule has 1 N–H and O–H groups in total. The molecule has 2 aliphatic heterocycles. The smallest absolute Gasteiger partial charge is 0.461 e. The van der Waals surface area contributed by atoms with Gasteiger partial charge in [0.1, 0.15) is 29.3 Å². The van der Waals surface area contributed by atoms with Gasteiger partial charge in [0.25, 0.3) is 5.91 Å². The minimum Gasteiger partial charge on any atom is -0.461 e. The van der Waals surface area contributed by atoms with Gasteiger partial charge in [-0.3, -0.25) is 19.3 Å². The van der Waals surface area contributed by atoms with Crippen LogP contribution in [0.5, 0.6) is 0 Å². The first kappa shape index (κ1) is 22.1. The number of esters is 2. The van der Waals surface area contributed by atoms with Gasteiger partial charge in [-0.05, 0) is 20.8 Å². The highest BCUT2D eigenvalue weighted by atomic mass is 32.2. The molecule has 0 aromatic carbocycles. The van der Waals surface area contributed by atoms with Crippen molar-refractivity contribution in [1.82, 2.24) is 10.2 Å². The Labute approximate surface area is 162 Å². The standard InChI is InChI=1S/C16H19F3N2O6S/c1-7(22)26-5-8-6-28-12-9(20-14(25)16(17,18)19)11(23)21(12)10(8)13(24)27-15(2,3)4/h9,12H,5-6H2,1-4H3,(H,20,25). The summed E-state index contributed by atoms with van der Waals surface area (Å²) in [7, 11) is 0. The van der Waals surface area contributed by atoms with Crippen LogP contribution in [0.2, 0.25) is 0 Å². The van der Waals surface area contributed by atoms with Gasteiger partial charge < -0.3 is 14.8 Å². The largest absolute Gasteiger partial charge is 0.471 e. The quantitative estimate of drug-likeness (QED) is 0.533. The van der Waals surface area contributed by atoms with Crippen LogP contribution in [0.25, 0.3) is 0 Å². The molecule has 2 atom stereocenters. The van der Waals surface area contributed by atoms with Crippen LogP contribution < -0.4 is 5.32 Å². The van der Waals surface area contributed by atoms with Gasteiger partial charge in [0.15, 0.2) is 0 Å². The number of hydrogen-bond donors (Lipinski definition) is 1. The summed E-state index contributed by atoms with van der Waals surface area (Å²) < 4.78 is 47.6. The van der Waals surface area contributed by atoms with Crippen LogP contribution in [-0.4, -0.2) is 64.2 Å². The Bertz CT molecular complexity index is 744. The predicted octanol–water partition coefficient (Wildman–Crippen LogP) is 1.11. The third-order valence-electron chi connectivity index (χ3n) is 3.63. The van der Waals surface area contributed by atoms with Crippen LogP contribution in [-0.2, 0) is 28.7 Å². The summed E-state index contributed by atoms with van der Waals surface area (Å²) in [6.07, 6.45) is -5.13. The van der Waals surface area contributed by atoms with E-state index in [9.17, 15) is 32.3 Å². The summed E-state index contributed by atoms with van der Waals surface area (Å²) in [6.45, 7) is 5.72. The van der Waals surface area contributed by atoms with Crippen molar-refractivity contribution < 1.29 is 41.8 Å². The lowest BCUT2D eigenvalue weighted by atomic mass is 10.0. The zero-order valence-electron chi connectivity index (χ0n) is 15.5. The number of thioether (sulfide) groups is 1. The van der Waals surface area contributed by atoms with Gasteiger partial charge in [-0.1, -0.05) is 0 Å². The second kappa shape index (κ2) is 7.64. The molecule has 2 heterocycles. The average molecular weight is 424 g/mol. The van der Waals surface area contributed by atoms with E-state index in [1.165, 1.54) is 6.92 Å². The Morgan fingerprint density at radius 3 is 2.36 bits per heavy atom. The van der Waals surface area contributed by atoms with Crippen molar-refractivity contribution in [2.24, 2.45) is 0 Å². The van der Waals surface area contributed by atoms with Gasteiger partial charge in [-0.25, -0.2) is 4.79 Å². The molecule has 0 aliphatic carbocycles. The van der Waals surface area contributed by atoms with Crippen molar-refractivity contribution in [3.05, 3.63) is 11.3 Å². The lowest BCUT2D eigenvalue weighted by Crippen LogP contribution is -2.71. The van der Waals surface area contributed by atoms with Gasteiger partial charge in [0.2, 0.25) is 0 Å². The Kier molecular flexibility index (Phi) is 6.02. The van der Waals surface area contributed by atoms with E-state index in [1.54, 1.807) is 26.1 Å². The normalized spacial score (nSPS) is 22.2. The van der Waals surface area contributed by atoms with E-state index in [2.05, 4.69) is 0 Å². The molecule has 1 fully saturated rings. The molecule has 0 saturated carbocycles. The fraction of sp³-hybridized carbons (Fsp3) is 0.625. The molecular weight excluding hydrogens is 405 g/mol. The number of rotatable bonds is 4. The first-order chi connectivity index (χ1) is 12.7. The second-order valence-electron chi connectivity index (χ2n) is 7.09. The lowest BCUT2D eigenvalue weighted by Gasteiger charge is -2.49. The number of alkyl halides is 3. The van der Waals surface area contributed by atoms with Crippen molar-refractivity contribution in [2.75, 3.05) is 12.4 Å². The zero-order chi connectivity index (χ0) is 21.4. The summed E-state index contributed by atoms with van der Waals surface area (Å²) in [5.74, 6) is -4.48. The molecule has 2 amide bonds. The summed E-state index contributed by atoms with van der Waals surface area (Å²) in [5.41, 5.74) is -0.781. The first-order valence-corrected chi connectivity index (χ1v) is 9.18. The highest BCUT2D eigenvalue weighted by Crippen LogP contribution is 2.41. The zero-order valence-corrected chi connectivity index (χ0v) is 16.3. The molecule has 1 saturated heterocycles. The molecular formula is C16H19F3N2O6S. The third kappa shape index (κ3) is 4.78. The Morgan fingerprint density at radius 1 is 1.25 bits per heavy atom. The highest BCUT2D eigenvalue weighted by molar-refractivity contribution is 8.00. The number of halogens is 3. The number of fused-ring (bicyclic) bond motifs is 1. The van der Waals surface area contributed by atoms with Crippen LogP contribution in [0.3, 0.4) is 0 Å². The molecule has 0 aromatic heterocycles. The van der Waals surface area contributed by atoms with Crippen LogP contribution in [0.4, 0.5) is 13.2 Å². The van der Waals surface area contributed by atoms with Gasteiger partial charge in [-0.15, -0.1) is 11.8 Å². The molecule has 28 heavy (non-hydrogen) atoms. The summed E-state index contributed by atoms with van der Waals surface area (Å²) in [6, 6.07) is -1.42. The molecule has 12 heteroatoms. The highest BCUT2D eigenvalue weighted by Gasteiger charge is 2.56. The Balaban J connectivity index is 2.28. The lowest BCUT2D eigenvalue weighted by molar-refractivity contribution is -0.177. The molecule has 2 aliphatic rings. The number of amides is 2. The summed E-state index contributed by atoms with van der Waals surface area (Å²) >= 11 is 1.04. The average Bonchev–Trinajstić information content (AvgIpc) is 2.53. The Morgan fingerprint density at radius 2 is 1.86 bits per heavy atom. The minimum absolute atomic E-state index is 0.106. The fourth-order valence-electron chi connectivity index (χ4n) is 2.52. The molecule has 0 aromatic rings. The van der Waals surface area contributed by atoms with Crippen LogP contribution in [0.15, 0.2) is 11.3 Å². The number of nitrogens with one attached hydrogen (secondary N) is 1. The Hall–Kier alpha value is -2.24. The molecule has 2 rings (SSSR count). The number of nitrogens with zero attached hydrogens (tertiary/aromatic N) is 1. The van der Waals surface area contributed by atoms with Crippen LogP contribution in [0, 0.1) is 0 Å². The molecule has 2 unspecified atom stereocenters. The number of hydrogen-bond acceptors (Lipinski definition) is 7. The van der Waals surface area contributed by atoms with E-state index in [-0.39, 0.29) is 18.1 Å². The predicted molar refractivity (Wildman–Crippen MR) is 90.6 cm³/mol. The minimum atomic E-state index is -5.13. The van der Waals surface area contributed by atoms with E-state index in [1.807, 2.05) is 0 Å². The van der Waals surface area contributed by atoms with Crippen molar-refractivity contribution in [3.8, 4) is 0 Å². The summed E-state index contributed by atoms with van der Waals surface area (Å²) in [5, 5.41) is 0.741. The van der Waals surface area contributed by atoms with Crippen LogP contribution >= 0.6 is 11.8 Å². The molecule has 156 valence electrons. The van der Waals surface area contributed by atoms with E-state index < -0.39 is 46.9 Å². The molecule has 0 radical (unpaired) electrons. The van der Waals surface area contributed by atoms with E-state index in [4.69, 9.17) is 9.47 Å². The maximum Gasteiger partial charge on any atom is 0.471 e. The molecule has 0 bridgehead atoms. The van der Waals surface area contributed by atoms with Gasteiger partial charge >= 0.3 is 24.0 Å². The van der Waals surface area contributed by atoms with Crippen molar-refractivity contribution in [1.29, 1.82) is 0 Å². The van der Waals surface area contributed by atoms with Crippen LogP contribution in [0.1, 0.15) is 27.7 Å². The monoisotopic (exact) mass is 424 g/mol. The maximum absolute atomic E-state index is 12.6. The van der Waals surface area contributed by atoms with E-state index >= 15 is 0 Å². The number of carbonyl (C=O) groups excluding carboxylic acids is 4. The number of β-lactam (4-membered cyclic amide) rings is 1. The van der Waals surface area contributed by atoms with Crippen molar-refractivity contribution in [3.63, 3.8) is 0 Å². The first-order valence-electron chi connectivity index (χ1n) is 8.13. The van der Waals surface area contributed by atoms with Crippen molar-refractivity contribution >= 4 is 35.5 Å². The topological polar surface area (TPSA) is 102 Å². The second-order valence-corrected chi connectivity index (χ2v) is 8.20. The summed E-state index contributed by atoms with van der Waals surface area (Å²) in [4.78, 5) is 48.2. The number of ether oxygens (including phenoxy) is 2. The maximum atomic E-state index is 12.6. The fourth-order valence-corrected chi connectivity index (χ4v) is 3.85. The van der Waals surface area contributed by atoms with Gasteiger partial charge in [0, 0.05) is 18.2 Å². The molecule has 8 nitrogen and oxygen atoms in total. The third-order valence-corrected chi connectivity index (χ3v) is 4.97. The number of carbonyl (C=O) groups is 4. The van der Waals surface area contributed by atoms with E-state index in [0.29, 0.717) is 5.57 Å².